The Balaban J connectivity index is 1.56. The van der Waals surface area contributed by atoms with Crippen LogP contribution in [-0.2, 0) is 13.1 Å². The third-order valence-corrected chi connectivity index (χ3v) is 5.08. The predicted molar refractivity (Wildman–Crippen MR) is 102 cm³/mol. The van der Waals surface area contributed by atoms with Crippen LogP contribution in [0.15, 0.2) is 41.0 Å². The molecule has 1 aromatic heterocycles. The number of hydrogen-bond donors (Lipinski definition) is 0. The fourth-order valence-corrected chi connectivity index (χ4v) is 3.64. The van der Waals surface area contributed by atoms with Crippen molar-refractivity contribution in [3.8, 4) is 5.75 Å². The number of carbonyl (C=O) groups is 1. The monoisotopic (exact) mass is 405 g/mol. The molecule has 0 radical (unpaired) electrons. The van der Waals surface area contributed by atoms with Gasteiger partial charge in [-0.3, -0.25) is 9.69 Å². The van der Waals surface area contributed by atoms with E-state index in [0.29, 0.717) is 0 Å². The van der Waals surface area contributed by atoms with Crippen LogP contribution in [-0.4, -0.2) is 53.6 Å². The fourth-order valence-electron chi connectivity index (χ4n) is 3.18. The highest BCUT2D eigenvalue weighted by atomic mass is 79.9. The Morgan fingerprint density at radius 3 is 2.44 bits per heavy atom. The lowest BCUT2D eigenvalue weighted by Gasteiger charge is -2.34. The average molecular weight is 406 g/mol. The van der Waals surface area contributed by atoms with Gasteiger partial charge in [0.25, 0.3) is 5.91 Å². The smallest absolute Gasteiger partial charge is 0.270 e. The first-order chi connectivity index (χ1) is 12.1. The van der Waals surface area contributed by atoms with Gasteiger partial charge in [0, 0.05) is 49.9 Å². The number of halogens is 1. The Morgan fingerprint density at radius 1 is 1.16 bits per heavy atom. The Kier molecular flexibility index (Phi) is 5.81. The second-order valence-corrected chi connectivity index (χ2v) is 7.16. The van der Waals surface area contributed by atoms with Gasteiger partial charge in [0.2, 0.25) is 0 Å². The molecule has 0 saturated carbocycles. The lowest BCUT2D eigenvalue weighted by molar-refractivity contribution is 0.0618. The molecule has 0 N–H and O–H groups in total. The lowest BCUT2D eigenvalue weighted by atomic mass is 10.2. The van der Waals surface area contributed by atoms with Crippen LogP contribution in [0.4, 0.5) is 0 Å². The van der Waals surface area contributed by atoms with Gasteiger partial charge in [-0.1, -0.05) is 12.1 Å². The van der Waals surface area contributed by atoms with E-state index in [0.717, 1.165) is 55.2 Å². The summed E-state index contributed by atoms with van der Waals surface area (Å²) in [5.74, 6) is 1.00. The molecule has 5 nitrogen and oxygen atoms in total. The molecule has 6 heteroatoms. The summed E-state index contributed by atoms with van der Waals surface area (Å²) in [6, 6.07) is 10.1. The van der Waals surface area contributed by atoms with Gasteiger partial charge in [-0.15, -0.1) is 0 Å². The first-order valence-corrected chi connectivity index (χ1v) is 9.40. The number of aromatic nitrogens is 1. The molecule has 1 aliphatic rings. The van der Waals surface area contributed by atoms with Gasteiger partial charge >= 0.3 is 0 Å². The standard InChI is InChI=1S/C19H24BrN3O2/c1-3-22-14-16(20)12-18(22)19(24)23-10-8-21(9-11-23)13-15-4-6-17(25-2)7-5-15/h4-7,12,14H,3,8-11,13H2,1-2H3. The van der Waals surface area contributed by atoms with Crippen LogP contribution in [0, 0.1) is 0 Å². The summed E-state index contributed by atoms with van der Waals surface area (Å²) in [7, 11) is 1.68. The fraction of sp³-hybridized carbons (Fsp3) is 0.421. The minimum Gasteiger partial charge on any atom is -0.497 e. The van der Waals surface area contributed by atoms with Crippen molar-refractivity contribution in [3.63, 3.8) is 0 Å². The highest BCUT2D eigenvalue weighted by molar-refractivity contribution is 9.10. The number of amides is 1. The van der Waals surface area contributed by atoms with E-state index in [1.807, 2.05) is 33.9 Å². The molecule has 0 unspecified atom stereocenters. The summed E-state index contributed by atoms with van der Waals surface area (Å²) in [5, 5.41) is 0. The number of carbonyl (C=O) groups excluding carboxylic acids is 1. The van der Waals surface area contributed by atoms with Crippen LogP contribution in [0.1, 0.15) is 23.0 Å². The largest absolute Gasteiger partial charge is 0.497 e. The molecule has 25 heavy (non-hydrogen) atoms. The van der Waals surface area contributed by atoms with E-state index in [9.17, 15) is 4.79 Å². The van der Waals surface area contributed by atoms with E-state index in [-0.39, 0.29) is 5.91 Å². The molecule has 2 heterocycles. The van der Waals surface area contributed by atoms with Crippen molar-refractivity contribution >= 4 is 21.8 Å². The number of rotatable bonds is 5. The number of nitrogens with zero attached hydrogens (tertiary/aromatic N) is 3. The molecule has 2 aromatic rings. The maximum Gasteiger partial charge on any atom is 0.270 e. The third-order valence-electron chi connectivity index (χ3n) is 4.65. The van der Waals surface area contributed by atoms with Crippen molar-refractivity contribution in [2.24, 2.45) is 0 Å². The molecule has 0 aliphatic carbocycles. The van der Waals surface area contributed by atoms with Gasteiger partial charge in [-0.2, -0.15) is 0 Å². The highest BCUT2D eigenvalue weighted by Gasteiger charge is 2.24. The predicted octanol–water partition coefficient (Wildman–Crippen LogP) is 3.24. The van der Waals surface area contributed by atoms with Gasteiger partial charge < -0.3 is 14.2 Å². The molecule has 0 atom stereocenters. The van der Waals surface area contributed by atoms with Crippen LogP contribution in [0.5, 0.6) is 5.75 Å². The Labute approximate surface area is 157 Å². The normalized spacial score (nSPS) is 15.4. The second-order valence-electron chi connectivity index (χ2n) is 6.25. The SMILES string of the molecule is CCn1cc(Br)cc1C(=O)N1CCN(Cc2ccc(OC)cc2)CC1. The summed E-state index contributed by atoms with van der Waals surface area (Å²) < 4.78 is 8.15. The molecular formula is C19H24BrN3O2. The third kappa shape index (κ3) is 4.25. The zero-order valence-electron chi connectivity index (χ0n) is 14.7. The topological polar surface area (TPSA) is 37.7 Å². The molecule has 3 rings (SSSR count). The Morgan fingerprint density at radius 2 is 1.84 bits per heavy atom. The molecule has 1 aliphatic heterocycles. The van der Waals surface area contributed by atoms with Crippen LogP contribution in [0.2, 0.25) is 0 Å². The molecule has 134 valence electrons. The van der Waals surface area contributed by atoms with Gasteiger partial charge in [0.15, 0.2) is 0 Å². The molecule has 1 saturated heterocycles. The van der Waals surface area contributed by atoms with E-state index in [2.05, 4.69) is 39.9 Å². The molecule has 1 fully saturated rings. The second kappa shape index (κ2) is 8.06. The first-order valence-electron chi connectivity index (χ1n) is 8.61. The maximum absolute atomic E-state index is 12.8. The van der Waals surface area contributed by atoms with Crippen LogP contribution < -0.4 is 4.74 Å². The number of ether oxygens (including phenoxy) is 1. The van der Waals surface area contributed by atoms with Crippen molar-refractivity contribution in [2.75, 3.05) is 33.3 Å². The molecule has 0 spiro atoms. The number of aryl methyl sites for hydroxylation is 1. The molecule has 1 amide bonds. The van der Waals surface area contributed by atoms with Crippen molar-refractivity contribution < 1.29 is 9.53 Å². The highest BCUT2D eigenvalue weighted by Crippen LogP contribution is 2.18. The summed E-state index contributed by atoms with van der Waals surface area (Å²) in [5.41, 5.74) is 2.03. The lowest BCUT2D eigenvalue weighted by Crippen LogP contribution is -2.48. The molecule has 0 bridgehead atoms. The zero-order chi connectivity index (χ0) is 17.8. The van der Waals surface area contributed by atoms with Crippen molar-refractivity contribution in [1.29, 1.82) is 0 Å². The average Bonchev–Trinajstić information content (AvgIpc) is 3.03. The number of piperazine rings is 1. The first kappa shape index (κ1) is 18.0. The minimum atomic E-state index is 0.122. The van der Waals surface area contributed by atoms with E-state index in [4.69, 9.17) is 4.74 Å². The Hall–Kier alpha value is -1.79. The van der Waals surface area contributed by atoms with Crippen LogP contribution in [0.25, 0.3) is 0 Å². The van der Waals surface area contributed by atoms with Crippen molar-refractivity contribution in [2.45, 2.75) is 20.0 Å². The molecule has 1 aromatic carbocycles. The van der Waals surface area contributed by atoms with E-state index < -0.39 is 0 Å². The van der Waals surface area contributed by atoms with Crippen LogP contribution >= 0.6 is 15.9 Å². The molecular weight excluding hydrogens is 382 g/mol. The summed E-state index contributed by atoms with van der Waals surface area (Å²) >= 11 is 3.46. The van der Waals surface area contributed by atoms with Gasteiger partial charge in [0.05, 0.1) is 7.11 Å². The van der Waals surface area contributed by atoms with Crippen molar-refractivity contribution in [1.82, 2.24) is 14.4 Å². The summed E-state index contributed by atoms with van der Waals surface area (Å²) in [6.45, 7) is 7.07. The number of methoxy groups -OCH3 is 1. The van der Waals surface area contributed by atoms with Gasteiger partial charge in [-0.05, 0) is 46.6 Å². The minimum absolute atomic E-state index is 0.122. The number of hydrogen-bond acceptors (Lipinski definition) is 3. The van der Waals surface area contributed by atoms with E-state index in [1.54, 1.807) is 7.11 Å². The Bertz CT molecular complexity index is 719. The summed E-state index contributed by atoms with van der Waals surface area (Å²) in [4.78, 5) is 17.1. The van der Waals surface area contributed by atoms with E-state index >= 15 is 0 Å². The van der Waals surface area contributed by atoms with Crippen molar-refractivity contribution in [3.05, 3.63) is 52.3 Å². The van der Waals surface area contributed by atoms with Gasteiger partial charge in [-0.25, -0.2) is 0 Å². The quantitative estimate of drug-likeness (QED) is 0.765. The maximum atomic E-state index is 12.8. The van der Waals surface area contributed by atoms with E-state index in [1.165, 1.54) is 5.56 Å². The summed E-state index contributed by atoms with van der Waals surface area (Å²) in [6.07, 6.45) is 1.97. The number of benzene rings is 1. The zero-order valence-corrected chi connectivity index (χ0v) is 16.3. The van der Waals surface area contributed by atoms with Gasteiger partial charge in [0.1, 0.15) is 11.4 Å². The van der Waals surface area contributed by atoms with Crippen LogP contribution in [0.3, 0.4) is 0 Å².